The predicted molar refractivity (Wildman–Crippen MR) is 105 cm³/mol. The van der Waals surface area contributed by atoms with Crippen LogP contribution >= 0.6 is 0 Å². The van der Waals surface area contributed by atoms with Crippen molar-refractivity contribution in [3.8, 4) is 0 Å². The summed E-state index contributed by atoms with van der Waals surface area (Å²) in [5, 5.41) is 21.7. The molecule has 0 aromatic carbocycles. The van der Waals surface area contributed by atoms with Gasteiger partial charge >= 0.3 is 12.1 Å². The van der Waals surface area contributed by atoms with E-state index >= 15 is 0 Å². The number of nitrogens with zero attached hydrogens (tertiary/aromatic N) is 2. The zero-order chi connectivity index (χ0) is 20.7. The summed E-state index contributed by atoms with van der Waals surface area (Å²) in [6, 6.07) is 0.296. The number of hydrogen-bond donors (Lipinski definition) is 3. The van der Waals surface area contributed by atoms with Gasteiger partial charge in [-0.1, -0.05) is 0 Å². The van der Waals surface area contributed by atoms with Crippen LogP contribution in [0.1, 0.15) is 71.0 Å². The maximum atomic E-state index is 11.6. The third-order valence-corrected chi connectivity index (χ3v) is 4.60. The van der Waals surface area contributed by atoms with Crippen molar-refractivity contribution in [1.29, 1.82) is 0 Å². The lowest BCUT2D eigenvalue weighted by atomic mass is 9.93. The van der Waals surface area contributed by atoms with E-state index in [9.17, 15) is 19.8 Å². The Kier molecular flexibility index (Phi) is 7.62. The van der Waals surface area contributed by atoms with E-state index in [1.807, 2.05) is 10.8 Å². The molecule has 3 N–H and O–H groups in total. The molecule has 1 aliphatic carbocycles. The predicted octanol–water partition coefficient (Wildman–Crippen LogP) is 3.13. The standard InChI is InChI=1S/C20H31N3O5/c1-20(2,3)28-19(27)21-10-4-5-14(18(25)26)11-15-12-23(13-22-15)16-6-8-17(24)9-7-16/h11-13,16-17,24H,4-10H2,1-3H3,(H,21,27)(H,25,26). The van der Waals surface area contributed by atoms with Gasteiger partial charge in [-0.25, -0.2) is 14.6 Å². The molecule has 8 nitrogen and oxygen atoms in total. The van der Waals surface area contributed by atoms with Crippen LogP contribution in [0.25, 0.3) is 6.08 Å². The molecule has 8 heteroatoms. The molecular formula is C20H31N3O5. The van der Waals surface area contributed by atoms with Crippen molar-refractivity contribution in [2.24, 2.45) is 0 Å². The summed E-state index contributed by atoms with van der Waals surface area (Å²) < 4.78 is 7.15. The number of rotatable bonds is 7. The lowest BCUT2D eigenvalue weighted by molar-refractivity contribution is -0.132. The largest absolute Gasteiger partial charge is 0.478 e. The van der Waals surface area contributed by atoms with E-state index in [2.05, 4.69) is 10.3 Å². The monoisotopic (exact) mass is 393 g/mol. The lowest BCUT2D eigenvalue weighted by Crippen LogP contribution is -2.33. The molecule has 0 unspecified atom stereocenters. The number of carbonyl (C=O) groups excluding carboxylic acids is 1. The van der Waals surface area contributed by atoms with E-state index in [1.54, 1.807) is 33.2 Å². The normalized spacial score (nSPS) is 20.6. The second-order valence-corrected chi connectivity index (χ2v) is 8.22. The Morgan fingerprint density at radius 3 is 2.61 bits per heavy atom. The molecule has 1 aromatic heterocycles. The quantitative estimate of drug-likeness (QED) is 0.484. The topological polar surface area (TPSA) is 114 Å². The van der Waals surface area contributed by atoms with Gasteiger partial charge in [0.05, 0.1) is 18.1 Å². The summed E-state index contributed by atoms with van der Waals surface area (Å²) in [6.07, 6.45) is 8.55. The van der Waals surface area contributed by atoms with Gasteiger partial charge in [0, 0.05) is 24.4 Å². The minimum absolute atomic E-state index is 0.216. The Morgan fingerprint density at radius 2 is 2.00 bits per heavy atom. The molecular weight excluding hydrogens is 362 g/mol. The number of ether oxygens (including phenoxy) is 1. The minimum Gasteiger partial charge on any atom is -0.478 e. The Balaban J connectivity index is 1.87. The summed E-state index contributed by atoms with van der Waals surface area (Å²) >= 11 is 0. The van der Waals surface area contributed by atoms with Crippen molar-refractivity contribution in [2.45, 2.75) is 77.0 Å². The van der Waals surface area contributed by atoms with Gasteiger partial charge in [0.15, 0.2) is 0 Å². The Morgan fingerprint density at radius 1 is 1.32 bits per heavy atom. The first-order valence-corrected chi connectivity index (χ1v) is 9.76. The average molecular weight is 393 g/mol. The summed E-state index contributed by atoms with van der Waals surface area (Å²) in [6.45, 7) is 5.68. The molecule has 1 aliphatic rings. The number of imidazole rings is 1. The van der Waals surface area contributed by atoms with E-state index in [4.69, 9.17) is 4.74 Å². The highest BCUT2D eigenvalue weighted by Crippen LogP contribution is 2.28. The van der Waals surface area contributed by atoms with Gasteiger partial charge in [-0.2, -0.15) is 0 Å². The van der Waals surface area contributed by atoms with Crippen molar-refractivity contribution < 1.29 is 24.5 Å². The van der Waals surface area contributed by atoms with Gasteiger partial charge < -0.3 is 24.8 Å². The van der Waals surface area contributed by atoms with E-state index in [1.165, 1.54) is 0 Å². The summed E-state index contributed by atoms with van der Waals surface area (Å²) in [5.41, 5.74) is 0.282. The average Bonchev–Trinajstić information content (AvgIpc) is 3.05. The van der Waals surface area contributed by atoms with E-state index in [0.717, 1.165) is 25.7 Å². The lowest BCUT2D eigenvalue weighted by Gasteiger charge is -2.26. The third-order valence-electron chi connectivity index (χ3n) is 4.60. The number of aromatic nitrogens is 2. The maximum Gasteiger partial charge on any atom is 0.407 e. The zero-order valence-electron chi connectivity index (χ0n) is 16.9. The van der Waals surface area contributed by atoms with Crippen molar-refractivity contribution in [3.05, 3.63) is 23.8 Å². The van der Waals surface area contributed by atoms with E-state index in [-0.39, 0.29) is 11.7 Å². The zero-order valence-corrected chi connectivity index (χ0v) is 16.9. The first-order chi connectivity index (χ1) is 13.1. The minimum atomic E-state index is -0.993. The molecule has 2 rings (SSSR count). The Bertz CT molecular complexity index is 697. The molecule has 0 spiro atoms. The highest BCUT2D eigenvalue weighted by molar-refractivity contribution is 5.91. The highest BCUT2D eigenvalue weighted by Gasteiger charge is 2.21. The number of aliphatic carboxylic acids is 1. The number of carboxylic acid groups (broad SMARTS) is 1. The van der Waals surface area contributed by atoms with Crippen molar-refractivity contribution in [1.82, 2.24) is 14.9 Å². The van der Waals surface area contributed by atoms with Crippen LogP contribution in [0.5, 0.6) is 0 Å². The van der Waals surface area contributed by atoms with Gasteiger partial charge in [0.1, 0.15) is 5.60 Å². The SMILES string of the molecule is CC(C)(C)OC(=O)NCCCC(=Cc1cn(C2CCC(O)CC2)cn1)C(=O)O. The molecule has 1 fully saturated rings. The van der Waals surface area contributed by atoms with Crippen LogP contribution in [0.2, 0.25) is 0 Å². The maximum absolute atomic E-state index is 11.6. The van der Waals surface area contributed by atoms with E-state index < -0.39 is 17.7 Å². The number of nitrogens with one attached hydrogen (secondary N) is 1. The van der Waals surface area contributed by atoms with Crippen molar-refractivity contribution in [3.63, 3.8) is 0 Å². The van der Waals surface area contributed by atoms with Crippen molar-refractivity contribution in [2.75, 3.05) is 6.54 Å². The summed E-state index contributed by atoms with van der Waals surface area (Å²) in [7, 11) is 0. The van der Waals surface area contributed by atoms with Crippen molar-refractivity contribution >= 4 is 18.1 Å². The second-order valence-electron chi connectivity index (χ2n) is 8.22. The number of carboxylic acids is 1. The first kappa shape index (κ1) is 21.9. The molecule has 0 saturated heterocycles. The fourth-order valence-corrected chi connectivity index (χ4v) is 3.19. The van der Waals surface area contributed by atoms with Crippen LogP contribution in [-0.4, -0.2) is 50.1 Å². The highest BCUT2D eigenvalue weighted by atomic mass is 16.6. The Hall–Kier alpha value is -2.35. The number of alkyl carbamates (subject to hydrolysis) is 1. The van der Waals surface area contributed by atoms with Gasteiger partial charge in [-0.3, -0.25) is 0 Å². The molecule has 0 bridgehead atoms. The fourth-order valence-electron chi connectivity index (χ4n) is 3.19. The summed E-state index contributed by atoms with van der Waals surface area (Å²) in [4.78, 5) is 27.4. The summed E-state index contributed by atoms with van der Waals surface area (Å²) in [5.74, 6) is -0.993. The number of hydrogen-bond acceptors (Lipinski definition) is 5. The van der Waals surface area contributed by atoms with Crippen LogP contribution in [0.3, 0.4) is 0 Å². The van der Waals surface area contributed by atoms with Crippen LogP contribution < -0.4 is 5.32 Å². The van der Waals surface area contributed by atoms with Crippen LogP contribution in [-0.2, 0) is 9.53 Å². The smallest absolute Gasteiger partial charge is 0.407 e. The van der Waals surface area contributed by atoms with Gasteiger partial charge in [-0.05, 0) is 65.4 Å². The van der Waals surface area contributed by atoms with Gasteiger partial charge in [0.2, 0.25) is 0 Å². The van der Waals surface area contributed by atoms with E-state index in [0.29, 0.717) is 31.1 Å². The first-order valence-electron chi connectivity index (χ1n) is 9.76. The van der Waals surface area contributed by atoms with Gasteiger partial charge in [0.25, 0.3) is 0 Å². The Labute approximate surface area is 165 Å². The van der Waals surface area contributed by atoms with Crippen LogP contribution in [0.4, 0.5) is 4.79 Å². The molecule has 0 radical (unpaired) electrons. The number of aliphatic hydroxyl groups is 1. The second kappa shape index (κ2) is 9.73. The number of aliphatic hydroxyl groups excluding tert-OH is 1. The van der Waals surface area contributed by atoms with Crippen LogP contribution in [0.15, 0.2) is 18.1 Å². The number of carbonyl (C=O) groups is 2. The molecule has 0 atom stereocenters. The number of amides is 1. The fraction of sp³-hybridized carbons (Fsp3) is 0.650. The molecule has 156 valence electrons. The molecule has 1 amide bonds. The molecule has 1 saturated carbocycles. The third kappa shape index (κ3) is 7.34. The molecule has 0 aliphatic heterocycles. The molecule has 1 heterocycles. The molecule has 1 aromatic rings. The van der Waals surface area contributed by atoms with Gasteiger partial charge in [-0.15, -0.1) is 0 Å². The molecule has 28 heavy (non-hydrogen) atoms. The van der Waals surface area contributed by atoms with Crippen LogP contribution in [0, 0.1) is 0 Å².